The zero-order valence-electron chi connectivity index (χ0n) is 9.57. The molecule has 1 N–H and O–H groups in total. The van der Waals surface area contributed by atoms with E-state index in [0.717, 1.165) is 11.1 Å². The van der Waals surface area contributed by atoms with Crippen molar-refractivity contribution >= 4 is 51.9 Å². The van der Waals surface area contributed by atoms with Gasteiger partial charge in [0.05, 0.1) is 4.91 Å². The van der Waals surface area contributed by atoms with E-state index >= 15 is 0 Å². The maximum absolute atomic E-state index is 11.5. The van der Waals surface area contributed by atoms with Crippen LogP contribution in [0.2, 0.25) is 5.02 Å². The maximum Gasteiger partial charge on any atom is 0.263 e. The normalized spacial score (nSPS) is 18.3. The SMILES string of the molecule is CC(=Cc1ccc(Cl)cc1)C=C1SC(=S)NC1=O. The standard InChI is InChI=1S/C13H10ClNOS2/c1-8(6-9-2-4-10(14)5-3-9)7-11-12(16)15-13(17)18-11/h2-7H,1H3,(H,15,16,17). The van der Waals surface area contributed by atoms with E-state index in [4.69, 9.17) is 23.8 Å². The Balaban J connectivity index is 2.19. The van der Waals surface area contributed by atoms with Crippen molar-refractivity contribution in [2.24, 2.45) is 0 Å². The number of amides is 1. The Labute approximate surface area is 120 Å². The zero-order chi connectivity index (χ0) is 13.1. The molecule has 1 aromatic rings. The number of hydrogen-bond donors (Lipinski definition) is 1. The third-order valence-corrected chi connectivity index (χ3v) is 3.68. The summed E-state index contributed by atoms with van der Waals surface area (Å²) in [6, 6.07) is 7.52. The summed E-state index contributed by atoms with van der Waals surface area (Å²) in [6.07, 6.45) is 3.81. The first kappa shape index (κ1) is 13.3. The van der Waals surface area contributed by atoms with Gasteiger partial charge in [0.15, 0.2) is 0 Å². The molecule has 1 amide bonds. The second-order valence-electron chi connectivity index (χ2n) is 3.79. The van der Waals surface area contributed by atoms with E-state index in [1.54, 1.807) is 0 Å². The molecule has 1 aliphatic heterocycles. The Hall–Kier alpha value is -1.10. The molecule has 1 saturated heterocycles. The molecular weight excluding hydrogens is 286 g/mol. The Bertz CT molecular complexity index is 561. The number of nitrogens with one attached hydrogen (secondary N) is 1. The smallest absolute Gasteiger partial charge is 0.263 e. The number of carbonyl (C=O) groups excluding carboxylic acids is 1. The van der Waals surface area contributed by atoms with Crippen molar-refractivity contribution in [1.82, 2.24) is 5.32 Å². The van der Waals surface area contributed by atoms with Gasteiger partial charge in [0.1, 0.15) is 4.32 Å². The van der Waals surface area contributed by atoms with E-state index in [2.05, 4.69) is 5.32 Å². The van der Waals surface area contributed by atoms with E-state index in [1.807, 2.05) is 43.3 Å². The minimum absolute atomic E-state index is 0.131. The molecule has 0 aliphatic carbocycles. The highest BCUT2D eigenvalue weighted by Crippen LogP contribution is 2.25. The van der Waals surface area contributed by atoms with Crippen LogP contribution in [0.1, 0.15) is 12.5 Å². The highest BCUT2D eigenvalue weighted by atomic mass is 35.5. The lowest BCUT2D eigenvalue weighted by Gasteiger charge is -1.97. The van der Waals surface area contributed by atoms with Gasteiger partial charge in [-0.3, -0.25) is 4.79 Å². The molecule has 0 radical (unpaired) electrons. The summed E-state index contributed by atoms with van der Waals surface area (Å²) in [5.41, 5.74) is 2.03. The third kappa shape index (κ3) is 3.45. The van der Waals surface area contributed by atoms with Crippen molar-refractivity contribution in [2.45, 2.75) is 6.92 Å². The van der Waals surface area contributed by atoms with E-state index in [-0.39, 0.29) is 5.91 Å². The van der Waals surface area contributed by atoms with Crippen LogP contribution >= 0.6 is 35.6 Å². The molecule has 1 heterocycles. The van der Waals surface area contributed by atoms with Crippen molar-refractivity contribution in [1.29, 1.82) is 0 Å². The molecule has 0 saturated carbocycles. The molecular formula is C13H10ClNOS2. The van der Waals surface area contributed by atoms with Crippen LogP contribution in [-0.2, 0) is 4.79 Å². The van der Waals surface area contributed by atoms with E-state index in [0.29, 0.717) is 14.2 Å². The highest BCUT2D eigenvalue weighted by molar-refractivity contribution is 8.26. The molecule has 18 heavy (non-hydrogen) atoms. The first-order valence-corrected chi connectivity index (χ1v) is 6.83. The summed E-state index contributed by atoms with van der Waals surface area (Å²) in [5.74, 6) is -0.131. The number of halogens is 1. The average molecular weight is 296 g/mol. The summed E-state index contributed by atoms with van der Waals surface area (Å²) < 4.78 is 0.505. The van der Waals surface area contributed by atoms with Crippen molar-refractivity contribution < 1.29 is 4.79 Å². The first-order valence-electron chi connectivity index (χ1n) is 5.23. The lowest BCUT2D eigenvalue weighted by molar-refractivity contribution is -0.115. The molecule has 0 bridgehead atoms. The Morgan fingerprint density at radius 3 is 2.61 bits per heavy atom. The molecule has 0 spiro atoms. The number of thiocarbonyl (C=S) groups is 1. The fraction of sp³-hybridized carbons (Fsp3) is 0.0769. The number of thioether (sulfide) groups is 1. The summed E-state index contributed by atoms with van der Waals surface area (Å²) in [5, 5.41) is 3.29. The van der Waals surface area contributed by atoms with Gasteiger partial charge in [-0.25, -0.2) is 0 Å². The van der Waals surface area contributed by atoms with Gasteiger partial charge in [0, 0.05) is 5.02 Å². The van der Waals surface area contributed by atoms with Crippen LogP contribution in [0.15, 0.2) is 40.8 Å². The molecule has 2 rings (SSSR count). The van der Waals surface area contributed by atoms with E-state index in [9.17, 15) is 4.79 Å². The van der Waals surface area contributed by atoms with E-state index in [1.165, 1.54) is 11.8 Å². The van der Waals surface area contributed by atoms with E-state index < -0.39 is 0 Å². The van der Waals surface area contributed by atoms with Gasteiger partial charge in [0.2, 0.25) is 0 Å². The fourth-order valence-electron chi connectivity index (χ4n) is 1.49. The monoisotopic (exact) mass is 295 g/mol. The Morgan fingerprint density at radius 1 is 1.39 bits per heavy atom. The Kier molecular flexibility index (Phi) is 4.22. The lowest BCUT2D eigenvalue weighted by Crippen LogP contribution is -2.17. The number of allylic oxidation sites excluding steroid dienone is 2. The van der Waals surface area contributed by atoms with Gasteiger partial charge in [0.25, 0.3) is 5.91 Å². The third-order valence-electron chi connectivity index (χ3n) is 2.27. The van der Waals surface area contributed by atoms with Gasteiger partial charge >= 0.3 is 0 Å². The minimum Gasteiger partial charge on any atom is -0.307 e. The molecule has 1 aliphatic rings. The van der Waals surface area contributed by atoms with Crippen molar-refractivity contribution in [2.75, 3.05) is 0 Å². The molecule has 0 atom stereocenters. The van der Waals surface area contributed by atoms with Crippen LogP contribution in [0.25, 0.3) is 6.08 Å². The lowest BCUT2D eigenvalue weighted by atomic mass is 10.1. The van der Waals surface area contributed by atoms with Gasteiger partial charge in [-0.15, -0.1) is 0 Å². The van der Waals surface area contributed by atoms with Crippen LogP contribution in [0.3, 0.4) is 0 Å². The van der Waals surface area contributed by atoms with Gasteiger partial charge in [-0.1, -0.05) is 53.8 Å². The molecule has 0 unspecified atom stereocenters. The predicted octanol–water partition coefficient (Wildman–Crippen LogP) is 3.78. The van der Waals surface area contributed by atoms with Crippen molar-refractivity contribution in [3.63, 3.8) is 0 Å². The number of rotatable bonds is 2. The molecule has 0 aromatic heterocycles. The van der Waals surface area contributed by atoms with Crippen LogP contribution in [-0.4, -0.2) is 10.2 Å². The Morgan fingerprint density at radius 2 is 2.06 bits per heavy atom. The maximum atomic E-state index is 11.5. The number of benzene rings is 1. The van der Waals surface area contributed by atoms with Crippen LogP contribution in [0.5, 0.6) is 0 Å². The molecule has 92 valence electrons. The number of carbonyl (C=O) groups is 1. The van der Waals surface area contributed by atoms with Crippen LogP contribution in [0.4, 0.5) is 0 Å². The van der Waals surface area contributed by atoms with Gasteiger partial charge in [-0.05, 0) is 36.3 Å². The quantitative estimate of drug-likeness (QED) is 0.665. The minimum atomic E-state index is -0.131. The largest absolute Gasteiger partial charge is 0.307 e. The molecule has 1 fully saturated rings. The zero-order valence-corrected chi connectivity index (χ0v) is 12.0. The van der Waals surface area contributed by atoms with Gasteiger partial charge < -0.3 is 5.32 Å². The van der Waals surface area contributed by atoms with Crippen LogP contribution in [0, 0.1) is 0 Å². The second kappa shape index (κ2) is 5.69. The average Bonchev–Trinajstić information content (AvgIpc) is 2.61. The summed E-state index contributed by atoms with van der Waals surface area (Å²) >= 11 is 12.0. The summed E-state index contributed by atoms with van der Waals surface area (Å²) in [6.45, 7) is 1.94. The second-order valence-corrected chi connectivity index (χ2v) is 5.95. The molecule has 1 aromatic carbocycles. The van der Waals surface area contributed by atoms with Gasteiger partial charge in [-0.2, -0.15) is 0 Å². The topological polar surface area (TPSA) is 29.1 Å². The summed E-state index contributed by atoms with van der Waals surface area (Å²) in [4.78, 5) is 12.1. The molecule has 5 heteroatoms. The van der Waals surface area contributed by atoms with Crippen molar-refractivity contribution in [3.8, 4) is 0 Å². The van der Waals surface area contributed by atoms with Crippen LogP contribution < -0.4 is 5.32 Å². The fourth-order valence-corrected chi connectivity index (χ4v) is 2.71. The highest BCUT2D eigenvalue weighted by Gasteiger charge is 2.21. The predicted molar refractivity (Wildman–Crippen MR) is 81.5 cm³/mol. The molecule has 2 nitrogen and oxygen atoms in total. The van der Waals surface area contributed by atoms with Crippen molar-refractivity contribution in [3.05, 3.63) is 51.4 Å². The number of hydrogen-bond acceptors (Lipinski definition) is 3. The first-order chi connectivity index (χ1) is 8.54. The summed E-state index contributed by atoms with van der Waals surface area (Å²) in [7, 11) is 0.